The third-order valence-electron chi connectivity index (χ3n) is 7.68. The van der Waals surface area contributed by atoms with Gasteiger partial charge in [-0.1, -0.05) is 0 Å². The SMILES string of the molecule is CN(C(=O)C12[C@H]3C4C5[C@@H]3C1(C(=O)O)[C@@H]5[C@H]42)C(C)(C)C. The molecule has 1 N–H and O–H groups in total. The number of nitrogens with zero attached hydrogens (tertiary/aromatic N) is 1. The lowest BCUT2D eigenvalue weighted by Crippen LogP contribution is -3.13. The maximum Gasteiger partial charge on any atom is 0.311 e. The molecule has 19 heavy (non-hydrogen) atoms. The molecule has 6 rings (SSSR count). The summed E-state index contributed by atoms with van der Waals surface area (Å²) in [4.78, 5) is 26.5. The molecule has 6 fully saturated rings. The van der Waals surface area contributed by atoms with Gasteiger partial charge in [-0.2, -0.15) is 0 Å². The molecule has 0 heterocycles. The summed E-state index contributed by atoms with van der Waals surface area (Å²) >= 11 is 0. The van der Waals surface area contributed by atoms with Crippen LogP contribution in [0.3, 0.4) is 0 Å². The Morgan fingerprint density at radius 3 is 1.79 bits per heavy atom. The summed E-state index contributed by atoms with van der Waals surface area (Å²) in [5.74, 6) is 2.35. The van der Waals surface area contributed by atoms with Gasteiger partial charge in [-0.3, -0.25) is 9.59 Å². The minimum atomic E-state index is -0.694. The Bertz CT molecular complexity index is 554. The molecule has 0 aromatic heterocycles. The molecular formula is C15H19NO3. The molecule has 0 aromatic carbocycles. The molecule has 6 aliphatic rings. The molecule has 0 bridgehead atoms. The molecule has 6 aliphatic carbocycles. The number of amides is 1. The number of hydrogen-bond acceptors (Lipinski definition) is 2. The van der Waals surface area contributed by atoms with Crippen LogP contribution in [0.5, 0.6) is 0 Å². The second-order valence-corrected chi connectivity index (χ2v) is 8.34. The lowest BCUT2D eigenvalue weighted by molar-refractivity contribution is -0.629. The second kappa shape index (κ2) is 2.23. The first kappa shape index (κ1) is 10.7. The van der Waals surface area contributed by atoms with E-state index in [9.17, 15) is 14.7 Å². The fourth-order valence-corrected chi connectivity index (χ4v) is 7.04. The zero-order chi connectivity index (χ0) is 13.7. The molecule has 6 saturated carbocycles. The monoisotopic (exact) mass is 261 g/mol. The highest BCUT2D eigenvalue weighted by molar-refractivity contribution is 6.02. The van der Waals surface area contributed by atoms with E-state index in [0.29, 0.717) is 35.5 Å². The Balaban J connectivity index is 1.57. The van der Waals surface area contributed by atoms with E-state index in [0.717, 1.165) is 0 Å². The van der Waals surface area contributed by atoms with Crippen molar-refractivity contribution in [3.8, 4) is 0 Å². The van der Waals surface area contributed by atoms with E-state index < -0.39 is 16.8 Å². The maximum atomic E-state index is 12.9. The molecule has 0 radical (unpaired) electrons. The first-order valence-corrected chi connectivity index (χ1v) is 7.26. The molecule has 0 aliphatic heterocycles. The smallest absolute Gasteiger partial charge is 0.311 e. The first-order valence-electron chi connectivity index (χ1n) is 7.26. The molecule has 4 nitrogen and oxygen atoms in total. The highest BCUT2D eigenvalue weighted by Gasteiger charge is 3.14. The Kier molecular flexibility index (Phi) is 1.25. The molecule has 102 valence electrons. The van der Waals surface area contributed by atoms with Gasteiger partial charge in [0.15, 0.2) is 0 Å². The minimum Gasteiger partial charge on any atom is -0.481 e. The molecule has 4 heteroatoms. The number of rotatable bonds is 2. The van der Waals surface area contributed by atoms with Crippen molar-refractivity contribution in [3.63, 3.8) is 0 Å². The van der Waals surface area contributed by atoms with Crippen molar-refractivity contribution >= 4 is 11.9 Å². The van der Waals surface area contributed by atoms with Crippen LogP contribution in [0.15, 0.2) is 0 Å². The van der Waals surface area contributed by atoms with Gasteiger partial charge in [0.1, 0.15) is 0 Å². The summed E-state index contributed by atoms with van der Waals surface area (Å²) in [6.45, 7) is 6.04. The van der Waals surface area contributed by atoms with Gasteiger partial charge in [-0.25, -0.2) is 0 Å². The summed E-state index contributed by atoms with van der Waals surface area (Å²) in [6, 6.07) is 0. The number of carbonyl (C=O) groups is 2. The predicted octanol–water partition coefficient (Wildman–Crippen LogP) is 1.07. The number of aliphatic carboxylic acids is 1. The van der Waals surface area contributed by atoms with E-state index in [1.807, 2.05) is 27.8 Å². The Labute approximate surface area is 112 Å². The van der Waals surface area contributed by atoms with Crippen molar-refractivity contribution in [2.75, 3.05) is 7.05 Å². The Morgan fingerprint density at radius 2 is 1.42 bits per heavy atom. The van der Waals surface area contributed by atoms with E-state index in [1.54, 1.807) is 4.90 Å². The fourth-order valence-electron chi connectivity index (χ4n) is 7.04. The second-order valence-electron chi connectivity index (χ2n) is 8.34. The van der Waals surface area contributed by atoms with Gasteiger partial charge < -0.3 is 10.0 Å². The van der Waals surface area contributed by atoms with Crippen LogP contribution < -0.4 is 0 Å². The van der Waals surface area contributed by atoms with Crippen LogP contribution in [0, 0.1) is 46.3 Å². The quantitative estimate of drug-likeness (QED) is 0.809. The van der Waals surface area contributed by atoms with Gasteiger partial charge in [0.25, 0.3) is 0 Å². The van der Waals surface area contributed by atoms with Crippen molar-refractivity contribution in [2.45, 2.75) is 26.3 Å². The van der Waals surface area contributed by atoms with E-state index in [4.69, 9.17) is 0 Å². The van der Waals surface area contributed by atoms with E-state index in [2.05, 4.69) is 0 Å². The largest absolute Gasteiger partial charge is 0.481 e. The number of carbonyl (C=O) groups excluding carboxylic acids is 1. The van der Waals surface area contributed by atoms with Crippen molar-refractivity contribution in [1.29, 1.82) is 0 Å². The van der Waals surface area contributed by atoms with Gasteiger partial charge in [0, 0.05) is 12.6 Å². The Morgan fingerprint density at radius 1 is 1.00 bits per heavy atom. The van der Waals surface area contributed by atoms with Crippen LogP contribution in [0.25, 0.3) is 0 Å². The number of hydrogen-bond donors (Lipinski definition) is 1. The normalized spacial score (nSPS) is 60.6. The standard InChI is InChI=1S/C15H19NO3/c1-13(2,3)16(4)11(17)14-7-5-6-9(7)15(14,12(18)19)10(6)8(5)14/h5-10H,1-4H3,(H,18,19)/t5?,6?,7-,8-,9-,10-,14?,15?/m0/s1. The average molecular weight is 261 g/mol. The lowest BCUT2D eigenvalue weighted by atomic mass is 8.91. The minimum absolute atomic E-state index is 0.110. The summed E-state index contributed by atoms with van der Waals surface area (Å²) in [7, 11) is 1.83. The molecule has 0 saturated heterocycles. The molecule has 0 spiro atoms. The lowest BCUT2D eigenvalue weighted by Gasteiger charge is -3.09. The predicted molar refractivity (Wildman–Crippen MR) is 66.0 cm³/mol. The van der Waals surface area contributed by atoms with Crippen LogP contribution >= 0.6 is 0 Å². The van der Waals surface area contributed by atoms with Gasteiger partial charge >= 0.3 is 5.97 Å². The van der Waals surface area contributed by atoms with Gasteiger partial charge in [0.05, 0.1) is 10.8 Å². The molecule has 0 aromatic rings. The van der Waals surface area contributed by atoms with E-state index in [1.165, 1.54) is 0 Å². The Hall–Kier alpha value is -1.06. The van der Waals surface area contributed by atoms with Gasteiger partial charge in [0.2, 0.25) is 5.91 Å². The zero-order valence-corrected chi connectivity index (χ0v) is 11.7. The highest BCUT2D eigenvalue weighted by atomic mass is 16.4. The van der Waals surface area contributed by atoms with Crippen molar-refractivity contribution in [3.05, 3.63) is 0 Å². The average Bonchev–Trinajstić information content (AvgIpc) is 2.35. The van der Waals surface area contributed by atoms with Gasteiger partial charge in [-0.05, 0) is 56.3 Å². The molecular weight excluding hydrogens is 242 g/mol. The zero-order valence-electron chi connectivity index (χ0n) is 11.7. The fraction of sp³-hybridized carbons (Fsp3) is 0.867. The van der Waals surface area contributed by atoms with Crippen molar-refractivity contribution in [1.82, 2.24) is 4.90 Å². The third-order valence-corrected chi connectivity index (χ3v) is 7.68. The van der Waals surface area contributed by atoms with Crippen LogP contribution in [0.1, 0.15) is 20.8 Å². The summed E-state index contributed by atoms with van der Waals surface area (Å²) in [5.41, 5.74) is -1.36. The highest BCUT2D eigenvalue weighted by Crippen LogP contribution is 3.10. The van der Waals surface area contributed by atoms with Crippen LogP contribution in [0.2, 0.25) is 0 Å². The van der Waals surface area contributed by atoms with Crippen LogP contribution in [-0.4, -0.2) is 34.5 Å². The first-order chi connectivity index (χ1) is 8.75. The maximum absolute atomic E-state index is 12.9. The molecule has 4 atom stereocenters. The summed E-state index contributed by atoms with van der Waals surface area (Å²) in [5, 5.41) is 9.69. The van der Waals surface area contributed by atoms with Gasteiger partial charge in [-0.15, -0.1) is 0 Å². The molecule has 0 unspecified atom stereocenters. The van der Waals surface area contributed by atoms with Crippen LogP contribution in [0.4, 0.5) is 0 Å². The summed E-state index contributed by atoms with van der Waals surface area (Å²) in [6.07, 6.45) is 0. The van der Waals surface area contributed by atoms with Crippen molar-refractivity contribution in [2.24, 2.45) is 46.3 Å². The van der Waals surface area contributed by atoms with Crippen LogP contribution in [-0.2, 0) is 9.59 Å². The number of carboxylic acids is 1. The van der Waals surface area contributed by atoms with E-state index in [-0.39, 0.29) is 11.4 Å². The number of carboxylic acid groups (broad SMARTS) is 1. The van der Waals surface area contributed by atoms with Crippen molar-refractivity contribution < 1.29 is 14.7 Å². The molecule has 1 amide bonds. The third kappa shape index (κ3) is 0.563. The van der Waals surface area contributed by atoms with E-state index >= 15 is 0 Å². The summed E-state index contributed by atoms with van der Waals surface area (Å²) < 4.78 is 0. The topological polar surface area (TPSA) is 57.6 Å².